The smallest absolute Gasteiger partial charge is 0.242 e. The first-order valence-electron chi connectivity index (χ1n) is 11.3. The molecule has 2 aromatic carbocycles. The second-order valence-electron chi connectivity index (χ2n) is 7.70. The predicted molar refractivity (Wildman–Crippen MR) is 135 cm³/mol. The molecule has 0 fully saturated rings. The standard InChI is InChI=1S/C25H31Cl3N2O3/c1-3-5-15-29-25(32)23(4-2)30(17-20-21(27)8-6-9-22(20)28)24(31)10-7-16-33-19-13-11-18(26)12-14-19/h6,8-9,11-14,23H,3-5,7,10,15-17H2,1-2H3,(H,29,32)/t23-/m0/s1. The molecular weight excluding hydrogens is 483 g/mol. The minimum Gasteiger partial charge on any atom is -0.494 e. The summed E-state index contributed by atoms with van der Waals surface area (Å²) in [5.74, 6) is 0.372. The Kier molecular flexibility index (Phi) is 11.9. The van der Waals surface area contributed by atoms with Gasteiger partial charge >= 0.3 is 0 Å². The number of hydrogen-bond donors (Lipinski definition) is 1. The zero-order valence-corrected chi connectivity index (χ0v) is 21.3. The van der Waals surface area contributed by atoms with E-state index in [0.717, 1.165) is 12.8 Å². The van der Waals surface area contributed by atoms with Crippen molar-refractivity contribution in [2.24, 2.45) is 0 Å². The van der Waals surface area contributed by atoms with Crippen LogP contribution in [0.2, 0.25) is 15.1 Å². The largest absolute Gasteiger partial charge is 0.494 e. The third kappa shape index (κ3) is 8.73. The number of carbonyl (C=O) groups excluding carboxylic acids is 2. The number of halogens is 3. The van der Waals surface area contributed by atoms with Gasteiger partial charge in [0, 0.05) is 40.1 Å². The van der Waals surface area contributed by atoms with Crippen LogP contribution in [0.15, 0.2) is 42.5 Å². The molecule has 2 aromatic rings. The van der Waals surface area contributed by atoms with Crippen LogP contribution in [0.5, 0.6) is 5.75 Å². The van der Waals surface area contributed by atoms with Gasteiger partial charge < -0.3 is 15.0 Å². The Morgan fingerprint density at radius 1 is 1.00 bits per heavy atom. The normalized spacial score (nSPS) is 11.7. The molecule has 0 aliphatic carbocycles. The summed E-state index contributed by atoms with van der Waals surface area (Å²) in [6, 6.07) is 11.7. The van der Waals surface area contributed by atoms with E-state index in [1.807, 2.05) is 6.92 Å². The molecule has 1 N–H and O–H groups in total. The van der Waals surface area contributed by atoms with Crippen molar-refractivity contribution in [3.63, 3.8) is 0 Å². The van der Waals surface area contributed by atoms with Gasteiger partial charge in [0.15, 0.2) is 0 Å². The van der Waals surface area contributed by atoms with Crippen LogP contribution >= 0.6 is 34.8 Å². The summed E-state index contributed by atoms with van der Waals surface area (Å²) in [6.45, 7) is 5.06. The van der Waals surface area contributed by atoms with Crippen LogP contribution in [-0.2, 0) is 16.1 Å². The summed E-state index contributed by atoms with van der Waals surface area (Å²) < 4.78 is 5.70. The fraction of sp³-hybridized carbons (Fsp3) is 0.440. The second kappa shape index (κ2) is 14.3. The predicted octanol–water partition coefficient (Wildman–Crippen LogP) is 6.53. The molecule has 0 aliphatic heterocycles. The first-order valence-corrected chi connectivity index (χ1v) is 12.4. The van der Waals surface area contributed by atoms with Gasteiger partial charge in [0.1, 0.15) is 11.8 Å². The number of nitrogens with zero attached hydrogens (tertiary/aromatic N) is 1. The van der Waals surface area contributed by atoms with Crippen molar-refractivity contribution in [1.82, 2.24) is 10.2 Å². The zero-order chi connectivity index (χ0) is 24.2. The van der Waals surface area contributed by atoms with E-state index in [1.54, 1.807) is 47.4 Å². The molecule has 0 aromatic heterocycles. The lowest BCUT2D eigenvalue weighted by atomic mass is 10.1. The Labute approximate surface area is 211 Å². The zero-order valence-electron chi connectivity index (χ0n) is 19.1. The van der Waals surface area contributed by atoms with Gasteiger partial charge in [-0.25, -0.2) is 0 Å². The van der Waals surface area contributed by atoms with E-state index < -0.39 is 6.04 Å². The summed E-state index contributed by atoms with van der Waals surface area (Å²) in [4.78, 5) is 27.7. The molecule has 8 heteroatoms. The molecule has 5 nitrogen and oxygen atoms in total. The lowest BCUT2D eigenvalue weighted by Crippen LogP contribution is -2.49. The Hall–Kier alpha value is -1.95. The SMILES string of the molecule is CCCCNC(=O)[C@H](CC)N(Cc1c(Cl)cccc1Cl)C(=O)CCCOc1ccc(Cl)cc1. The summed E-state index contributed by atoms with van der Waals surface area (Å²) in [6.07, 6.45) is 3.07. The minimum atomic E-state index is -0.612. The Bertz CT molecular complexity index is 886. The second-order valence-corrected chi connectivity index (χ2v) is 8.95. The Balaban J connectivity index is 2.09. The number of benzene rings is 2. The van der Waals surface area contributed by atoms with Gasteiger partial charge in [-0.05, 0) is 55.7 Å². The molecule has 0 radical (unpaired) electrons. The third-order valence-corrected chi connectivity index (χ3v) is 6.18. The first kappa shape index (κ1) is 27.3. The summed E-state index contributed by atoms with van der Waals surface area (Å²) in [5.41, 5.74) is 0.631. The lowest BCUT2D eigenvalue weighted by Gasteiger charge is -2.31. The van der Waals surface area contributed by atoms with Gasteiger partial charge in [-0.2, -0.15) is 0 Å². The molecule has 1 atom stereocenters. The van der Waals surface area contributed by atoms with Crippen molar-refractivity contribution in [1.29, 1.82) is 0 Å². The molecule has 2 rings (SSSR count). The molecule has 0 aliphatic rings. The molecule has 180 valence electrons. The van der Waals surface area contributed by atoms with Crippen LogP contribution in [0.3, 0.4) is 0 Å². The number of rotatable bonds is 13. The average molecular weight is 514 g/mol. The van der Waals surface area contributed by atoms with E-state index in [0.29, 0.717) is 52.4 Å². The van der Waals surface area contributed by atoms with Gasteiger partial charge in [0.2, 0.25) is 11.8 Å². The first-order chi connectivity index (χ1) is 15.9. The minimum absolute atomic E-state index is 0.150. The molecule has 0 saturated carbocycles. The van der Waals surface area contributed by atoms with Gasteiger partial charge in [-0.3, -0.25) is 9.59 Å². The number of hydrogen-bond acceptors (Lipinski definition) is 3. The maximum atomic E-state index is 13.2. The third-order valence-electron chi connectivity index (χ3n) is 5.22. The highest BCUT2D eigenvalue weighted by atomic mass is 35.5. The van der Waals surface area contributed by atoms with Crippen LogP contribution in [0.25, 0.3) is 0 Å². The monoisotopic (exact) mass is 512 g/mol. The topological polar surface area (TPSA) is 58.6 Å². The van der Waals surface area contributed by atoms with E-state index >= 15 is 0 Å². The van der Waals surface area contributed by atoms with Crippen molar-refractivity contribution in [3.8, 4) is 5.75 Å². The molecule has 0 saturated heterocycles. The van der Waals surface area contributed by atoms with Gasteiger partial charge in [0.05, 0.1) is 6.61 Å². The number of amides is 2. The van der Waals surface area contributed by atoms with Crippen LogP contribution < -0.4 is 10.1 Å². The van der Waals surface area contributed by atoms with Crippen LogP contribution in [0.1, 0.15) is 51.5 Å². The maximum Gasteiger partial charge on any atom is 0.242 e. The quantitative estimate of drug-likeness (QED) is 0.310. The van der Waals surface area contributed by atoms with Crippen molar-refractivity contribution < 1.29 is 14.3 Å². The lowest BCUT2D eigenvalue weighted by molar-refractivity contribution is -0.141. The highest BCUT2D eigenvalue weighted by Gasteiger charge is 2.29. The fourth-order valence-electron chi connectivity index (χ4n) is 3.37. The van der Waals surface area contributed by atoms with E-state index in [9.17, 15) is 9.59 Å². The van der Waals surface area contributed by atoms with E-state index in [1.165, 1.54) is 0 Å². The van der Waals surface area contributed by atoms with Crippen molar-refractivity contribution in [2.45, 2.75) is 58.5 Å². The van der Waals surface area contributed by atoms with Crippen LogP contribution in [-0.4, -0.2) is 35.9 Å². The van der Waals surface area contributed by atoms with Gasteiger partial charge in [-0.1, -0.05) is 61.1 Å². The van der Waals surface area contributed by atoms with Crippen LogP contribution in [0.4, 0.5) is 0 Å². The summed E-state index contributed by atoms with van der Waals surface area (Å²) >= 11 is 18.6. The number of ether oxygens (including phenoxy) is 1. The molecule has 0 unspecified atom stereocenters. The van der Waals surface area contributed by atoms with E-state index in [2.05, 4.69) is 12.2 Å². The molecule has 33 heavy (non-hydrogen) atoms. The molecular formula is C25H31Cl3N2O3. The highest BCUT2D eigenvalue weighted by molar-refractivity contribution is 6.36. The van der Waals surface area contributed by atoms with Crippen LogP contribution in [0, 0.1) is 0 Å². The molecule has 0 heterocycles. The Morgan fingerprint density at radius 2 is 1.67 bits per heavy atom. The average Bonchev–Trinajstić information content (AvgIpc) is 2.79. The maximum absolute atomic E-state index is 13.2. The van der Waals surface area contributed by atoms with E-state index in [-0.39, 0.29) is 24.8 Å². The number of unbranched alkanes of at least 4 members (excludes halogenated alkanes) is 1. The van der Waals surface area contributed by atoms with Crippen molar-refractivity contribution in [3.05, 3.63) is 63.1 Å². The van der Waals surface area contributed by atoms with Gasteiger partial charge in [-0.15, -0.1) is 0 Å². The fourth-order valence-corrected chi connectivity index (χ4v) is 4.01. The van der Waals surface area contributed by atoms with Gasteiger partial charge in [0.25, 0.3) is 0 Å². The number of nitrogens with one attached hydrogen (secondary N) is 1. The number of carbonyl (C=O) groups is 2. The Morgan fingerprint density at radius 3 is 2.27 bits per heavy atom. The van der Waals surface area contributed by atoms with E-state index in [4.69, 9.17) is 39.5 Å². The van der Waals surface area contributed by atoms with Crippen molar-refractivity contribution in [2.75, 3.05) is 13.2 Å². The molecule has 0 bridgehead atoms. The van der Waals surface area contributed by atoms with Crippen molar-refractivity contribution >= 4 is 46.6 Å². The summed E-state index contributed by atoms with van der Waals surface area (Å²) in [7, 11) is 0. The summed E-state index contributed by atoms with van der Waals surface area (Å²) in [5, 5.41) is 4.51. The molecule has 2 amide bonds. The molecule has 0 spiro atoms. The highest BCUT2D eigenvalue weighted by Crippen LogP contribution is 2.27.